The molecule has 41 heavy (non-hydrogen) atoms. The van der Waals surface area contributed by atoms with Gasteiger partial charge in [-0.2, -0.15) is 0 Å². The first-order valence-corrected chi connectivity index (χ1v) is 14.9. The second kappa shape index (κ2) is 11.0. The fraction of sp³-hybridized carbons (Fsp3) is 0.500. The van der Waals surface area contributed by atoms with Gasteiger partial charge in [0.05, 0.1) is 5.69 Å². The third kappa shape index (κ3) is 5.17. The first kappa shape index (κ1) is 27.6. The largest absolute Gasteiger partial charge is 0.333 e. The highest BCUT2D eigenvalue weighted by Gasteiger charge is 2.41. The Kier molecular flexibility index (Phi) is 7.42. The fourth-order valence-electron chi connectivity index (χ4n) is 7.07. The minimum absolute atomic E-state index is 0.102. The van der Waals surface area contributed by atoms with Gasteiger partial charge in [-0.05, 0) is 88.5 Å². The van der Waals surface area contributed by atoms with Crippen molar-refractivity contribution in [3.05, 3.63) is 59.4 Å². The lowest BCUT2D eigenvalue weighted by atomic mass is 9.70. The number of carbonyl (C=O) groups excluding carboxylic acids is 2. The lowest BCUT2D eigenvalue weighted by molar-refractivity contribution is -0.123. The number of amides is 2. The second-order valence-electron chi connectivity index (χ2n) is 12.3. The van der Waals surface area contributed by atoms with Crippen LogP contribution in [0.15, 0.2) is 42.5 Å². The van der Waals surface area contributed by atoms with E-state index in [0.29, 0.717) is 24.8 Å². The maximum Gasteiger partial charge on any atom is 0.293 e. The van der Waals surface area contributed by atoms with Gasteiger partial charge in [0.2, 0.25) is 11.7 Å². The van der Waals surface area contributed by atoms with Crippen LogP contribution in [0.4, 0.5) is 5.69 Å². The van der Waals surface area contributed by atoms with Gasteiger partial charge in [0.15, 0.2) is 5.82 Å². The molecule has 3 aromatic rings. The van der Waals surface area contributed by atoms with E-state index in [4.69, 9.17) is 10.1 Å². The molecule has 0 spiro atoms. The van der Waals surface area contributed by atoms with Gasteiger partial charge in [-0.15, -0.1) is 5.10 Å². The Morgan fingerprint density at radius 2 is 1.66 bits per heavy atom. The van der Waals surface area contributed by atoms with E-state index in [1.807, 2.05) is 48.3 Å². The van der Waals surface area contributed by atoms with Crippen LogP contribution in [0.2, 0.25) is 0 Å². The molecule has 0 bridgehead atoms. The van der Waals surface area contributed by atoms with E-state index >= 15 is 0 Å². The van der Waals surface area contributed by atoms with Crippen molar-refractivity contribution in [2.45, 2.75) is 58.5 Å². The van der Waals surface area contributed by atoms with Crippen molar-refractivity contribution in [2.75, 3.05) is 38.1 Å². The number of nitrogens with one attached hydrogen (secondary N) is 2. The van der Waals surface area contributed by atoms with Crippen LogP contribution >= 0.6 is 0 Å². The molecule has 2 saturated heterocycles. The summed E-state index contributed by atoms with van der Waals surface area (Å²) in [4.78, 5) is 35.5. The summed E-state index contributed by atoms with van der Waals surface area (Å²) < 4.78 is 1.80. The summed E-state index contributed by atoms with van der Waals surface area (Å²) in [5.74, 6) is 1.32. The number of nitrogens with zero attached hydrogens (tertiary/aromatic N) is 5. The fourth-order valence-corrected chi connectivity index (χ4v) is 7.07. The minimum atomic E-state index is -0.151. The number of piperazine rings is 1. The number of aryl methyl sites for hydroxylation is 1. The standard InChI is InChI=1S/C32H41N7O2/c1-19-6-9-25(10-7-19)39-30(35-29(36-39)32(41)38-17-20(2)34-21(3)18-38)24-8-11-27-26(16-24)28(22(4)31(40)37(27)5)23-12-14-33-15-13-23/h6-11,16,20-23,28,33-34H,12-15,17-18H2,1-5H3/t20-,21+,22-,28?/m0/s1. The molecule has 2 amide bonds. The smallest absolute Gasteiger partial charge is 0.293 e. The van der Waals surface area contributed by atoms with Gasteiger partial charge in [0.1, 0.15) is 0 Å². The Labute approximate surface area is 242 Å². The van der Waals surface area contributed by atoms with Gasteiger partial charge in [-0.25, -0.2) is 9.67 Å². The number of anilines is 1. The van der Waals surface area contributed by atoms with E-state index < -0.39 is 0 Å². The normalized spacial score (nSPS) is 25.3. The molecule has 1 unspecified atom stereocenters. The highest BCUT2D eigenvalue weighted by Crippen LogP contribution is 2.46. The van der Waals surface area contributed by atoms with Crippen LogP contribution in [0.25, 0.3) is 17.1 Å². The van der Waals surface area contributed by atoms with Crippen molar-refractivity contribution < 1.29 is 9.59 Å². The maximum absolute atomic E-state index is 13.7. The average molecular weight is 556 g/mol. The maximum atomic E-state index is 13.7. The van der Waals surface area contributed by atoms with Crippen molar-refractivity contribution in [1.82, 2.24) is 30.3 Å². The van der Waals surface area contributed by atoms with Gasteiger partial charge < -0.3 is 20.4 Å². The molecule has 9 nitrogen and oxygen atoms in total. The first-order valence-electron chi connectivity index (χ1n) is 14.9. The molecule has 2 aromatic carbocycles. The van der Waals surface area contributed by atoms with E-state index in [2.05, 4.69) is 44.4 Å². The number of aromatic nitrogens is 3. The number of fused-ring (bicyclic) bond motifs is 1. The van der Waals surface area contributed by atoms with Gasteiger partial charge in [0, 0.05) is 55.3 Å². The molecule has 0 aliphatic carbocycles. The number of rotatable bonds is 4. The number of piperidine rings is 1. The van der Waals surface area contributed by atoms with Crippen molar-refractivity contribution in [3.63, 3.8) is 0 Å². The topological polar surface area (TPSA) is 95.4 Å². The van der Waals surface area contributed by atoms with Crippen LogP contribution in [0.1, 0.15) is 61.3 Å². The monoisotopic (exact) mass is 555 g/mol. The minimum Gasteiger partial charge on any atom is -0.333 e. The highest BCUT2D eigenvalue weighted by molar-refractivity contribution is 5.99. The Morgan fingerprint density at radius 1 is 0.976 bits per heavy atom. The number of benzene rings is 2. The van der Waals surface area contributed by atoms with Crippen LogP contribution in [-0.4, -0.2) is 76.8 Å². The molecule has 216 valence electrons. The summed E-state index contributed by atoms with van der Waals surface area (Å²) in [6, 6.07) is 14.8. The molecule has 2 fully saturated rings. The average Bonchev–Trinajstić information content (AvgIpc) is 3.41. The van der Waals surface area contributed by atoms with Gasteiger partial charge >= 0.3 is 0 Å². The molecule has 0 radical (unpaired) electrons. The van der Waals surface area contributed by atoms with Crippen molar-refractivity contribution in [2.24, 2.45) is 11.8 Å². The Morgan fingerprint density at radius 3 is 2.34 bits per heavy atom. The van der Waals surface area contributed by atoms with Crippen LogP contribution in [-0.2, 0) is 4.79 Å². The predicted molar refractivity (Wildman–Crippen MR) is 160 cm³/mol. The molecular weight excluding hydrogens is 514 g/mol. The third-order valence-corrected chi connectivity index (χ3v) is 9.08. The van der Waals surface area contributed by atoms with E-state index in [9.17, 15) is 9.59 Å². The zero-order chi connectivity index (χ0) is 28.8. The lowest BCUT2D eigenvalue weighted by Crippen LogP contribution is -2.56. The summed E-state index contributed by atoms with van der Waals surface area (Å²) in [5.41, 5.74) is 5.04. The summed E-state index contributed by atoms with van der Waals surface area (Å²) in [6.45, 7) is 11.5. The van der Waals surface area contributed by atoms with Gasteiger partial charge in [0.25, 0.3) is 5.91 Å². The van der Waals surface area contributed by atoms with E-state index in [-0.39, 0.29) is 41.6 Å². The Bertz CT molecular complexity index is 1430. The van der Waals surface area contributed by atoms with Gasteiger partial charge in [-0.3, -0.25) is 9.59 Å². The molecule has 1 aromatic heterocycles. The molecule has 3 aliphatic rings. The molecule has 4 atom stereocenters. The van der Waals surface area contributed by atoms with Crippen molar-refractivity contribution in [1.29, 1.82) is 0 Å². The van der Waals surface area contributed by atoms with Crippen molar-refractivity contribution in [3.8, 4) is 17.1 Å². The molecule has 9 heteroatoms. The first-order chi connectivity index (χ1) is 19.7. The highest BCUT2D eigenvalue weighted by atomic mass is 16.2. The Hall–Kier alpha value is -3.56. The molecule has 6 rings (SSSR count). The molecular formula is C32H41N7O2. The summed E-state index contributed by atoms with van der Waals surface area (Å²) in [6.07, 6.45) is 2.10. The summed E-state index contributed by atoms with van der Waals surface area (Å²) >= 11 is 0. The SMILES string of the molecule is Cc1ccc(-n2nc(C(=O)N3C[C@@H](C)N[C@@H](C)C3)nc2-c2ccc3c(c2)C(C2CCNCC2)[C@H](C)C(=O)N3C)cc1. The zero-order valence-electron chi connectivity index (χ0n) is 24.7. The number of hydrogen-bond acceptors (Lipinski definition) is 6. The van der Waals surface area contributed by atoms with E-state index in [1.165, 1.54) is 5.56 Å². The van der Waals surface area contributed by atoms with Crippen LogP contribution < -0.4 is 15.5 Å². The number of hydrogen-bond donors (Lipinski definition) is 2. The summed E-state index contributed by atoms with van der Waals surface area (Å²) in [7, 11) is 1.87. The van der Waals surface area contributed by atoms with E-state index in [0.717, 1.165) is 48.4 Å². The molecule has 3 aliphatic heterocycles. The predicted octanol–water partition coefficient (Wildman–Crippen LogP) is 3.76. The molecule has 4 heterocycles. The van der Waals surface area contributed by atoms with E-state index in [1.54, 1.807) is 9.58 Å². The van der Waals surface area contributed by atoms with Crippen molar-refractivity contribution >= 4 is 17.5 Å². The molecule has 0 saturated carbocycles. The van der Waals surface area contributed by atoms with Crippen LogP contribution in [0, 0.1) is 18.8 Å². The van der Waals surface area contributed by atoms with Crippen LogP contribution in [0.3, 0.4) is 0 Å². The van der Waals surface area contributed by atoms with Gasteiger partial charge in [-0.1, -0.05) is 24.6 Å². The second-order valence-corrected chi connectivity index (χ2v) is 12.3. The third-order valence-electron chi connectivity index (χ3n) is 9.08. The van der Waals surface area contributed by atoms with Crippen LogP contribution in [0.5, 0.6) is 0 Å². The Balaban J connectivity index is 1.45. The number of carbonyl (C=O) groups is 2. The summed E-state index contributed by atoms with van der Waals surface area (Å²) in [5, 5.41) is 11.8. The lowest BCUT2D eigenvalue weighted by Gasteiger charge is -2.41. The molecule has 2 N–H and O–H groups in total. The quantitative estimate of drug-likeness (QED) is 0.509. The zero-order valence-corrected chi connectivity index (χ0v) is 24.7.